The van der Waals surface area contributed by atoms with E-state index in [-0.39, 0.29) is 12.5 Å². The van der Waals surface area contributed by atoms with Crippen molar-refractivity contribution in [2.45, 2.75) is 69.6 Å². The molecule has 24 heavy (non-hydrogen) atoms. The van der Waals surface area contributed by atoms with Gasteiger partial charge in [-0.3, -0.25) is 4.57 Å². The summed E-state index contributed by atoms with van der Waals surface area (Å²) >= 11 is 1.58. The van der Waals surface area contributed by atoms with Gasteiger partial charge in [0.1, 0.15) is 10.9 Å². The molecule has 1 aromatic carbocycles. The van der Waals surface area contributed by atoms with Gasteiger partial charge in [-0.2, -0.15) is 0 Å². The minimum Gasteiger partial charge on any atom is -0.396 e. The number of halogens is 1. The third kappa shape index (κ3) is 4.39. The van der Waals surface area contributed by atoms with Crippen LogP contribution in [0.4, 0.5) is 4.39 Å². The number of benzene rings is 1. The van der Waals surface area contributed by atoms with E-state index in [2.05, 4.69) is 45.9 Å². The first-order valence-electron chi connectivity index (χ1n) is 8.45. The average molecular weight is 351 g/mol. The molecule has 0 aliphatic rings. The van der Waals surface area contributed by atoms with Crippen molar-refractivity contribution in [3.8, 4) is 0 Å². The van der Waals surface area contributed by atoms with Gasteiger partial charge in [-0.05, 0) is 56.4 Å². The van der Waals surface area contributed by atoms with Gasteiger partial charge in [0.15, 0.2) is 6.30 Å². The Balaban J connectivity index is 2.50. The van der Waals surface area contributed by atoms with E-state index in [1.165, 1.54) is 11.1 Å². The molecule has 0 aliphatic carbocycles. The van der Waals surface area contributed by atoms with Gasteiger partial charge in [0.05, 0.1) is 5.69 Å². The Bertz CT molecular complexity index is 675. The highest BCUT2D eigenvalue weighted by Crippen LogP contribution is 2.37. The molecule has 1 aromatic heterocycles. The summed E-state index contributed by atoms with van der Waals surface area (Å²) < 4.78 is 16.1. The summed E-state index contributed by atoms with van der Waals surface area (Å²) in [5, 5.41) is 9.98. The number of aryl methyl sites for hydroxylation is 3. The van der Waals surface area contributed by atoms with Gasteiger partial charge in [-0.15, -0.1) is 0 Å². The second-order valence-corrected chi connectivity index (χ2v) is 7.63. The minimum atomic E-state index is -1.15. The van der Waals surface area contributed by atoms with Crippen LogP contribution in [0.2, 0.25) is 0 Å². The van der Waals surface area contributed by atoms with Gasteiger partial charge in [0, 0.05) is 17.9 Å². The molecule has 0 aliphatic heterocycles. The van der Waals surface area contributed by atoms with Crippen molar-refractivity contribution >= 4 is 11.8 Å². The number of aromatic nitrogens is 2. The fraction of sp³-hybridized carbons (Fsp3) is 0.526. The second kappa shape index (κ2) is 8.17. The lowest BCUT2D eigenvalue weighted by atomic mass is 10.1. The maximum absolute atomic E-state index is 14.4. The van der Waals surface area contributed by atoms with Crippen LogP contribution in [0.15, 0.2) is 28.1 Å². The smallest absolute Gasteiger partial charge is 0.175 e. The molecule has 0 spiro atoms. The van der Waals surface area contributed by atoms with Gasteiger partial charge in [-0.25, -0.2) is 9.37 Å². The fourth-order valence-corrected chi connectivity index (χ4v) is 4.29. The second-order valence-electron chi connectivity index (χ2n) is 6.57. The molecule has 0 saturated heterocycles. The molecule has 0 bridgehead atoms. The van der Waals surface area contributed by atoms with Crippen LogP contribution in [0.5, 0.6) is 0 Å². The molecule has 2 rings (SSSR count). The summed E-state index contributed by atoms with van der Waals surface area (Å²) in [7, 11) is 0. The Morgan fingerprint density at radius 3 is 2.29 bits per heavy atom. The quantitative estimate of drug-likeness (QED) is 0.747. The van der Waals surface area contributed by atoms with Gasteiger partial charge in [-0.1, -0.05) is 31.7 Å². The van der Waals surface area contributed by atoms with E-state index in [0.29, 0.717) is 12.8 Å². The monoisotopic (exact) mass is 350 g/mol. The molecule has 5 heteroatoms. The molecule has 3 nitrogen and oxygen atoms in total. The zero-order valence-electron chi connectivity index (χ0n) is 15.1. The van der Waals surface area contributed by atoms with Gasteiger partial charge >= 0.3 is 0 Å². The summed E-state index contributed by atoms with van der Waals surface area (Å²) in [4.78, 5) is 5.80. The first-order valence-corrected chi connectivity index (χ1v) is 9.27. The van der Waals surface area contributed by atoms with E-state index < -0.39 is 6.30 Å². The van der Waals surface area contributed by atoms with Crippen LogP contribution in [-0.4, -0.2) is 21.3 Å². The van der Waals surface area contributed by atoms with E-state index in [1.807, 2.05) is 0 Å². The Morgan fingerprint density at radius 1 is 1.17 bits per heavy atom. The lowest BCUT2D eigenvalue weighted by molar-refractivity contribution is 0.242. The highest BCUT2D eigenvalue weighted by molar-refractivity contribution is 7.99. The largest absolute Gasteiger partial charge is 0.396 e. The number of nitrogens with zero attached hydrogens (tertiary/aromatic N) is 2. The van der Waals surface area contributed by atoms with E-state index >= 15 is 0 Å². The number of imidazole rings is 1. The van der Waals surface area contributed by atoms with Crippen molar-refractivity contribution in [3.63, 3.8) is 0 Å². The molecule has 1 heterocycles. The third-order valence-electron chi connectivity index (χ3n) is 3.84. The first-order chi connectivity index (χ1) is 11.3. The van der Waals surface area contributed by atoms with Crippen molar-refractivity contribution < 1.29 is 9.50 Å². The van der Waals surface area contributed by atoms with Crippen molar-refractivity contribution in [1.29, 1.82) is 0 Å². The molecule has 1 unspecified atom stereocenters. The topological polar surface area (TPSA) is 38.1 Å². The Hall–Kier alpha value is -1.33. The van der Waals surface area contributed by atoms with Gasteiger partial charge < -0.3 is 5.11 Å². The van der Waals surface area contributed by atoms with E-state index in [4.69, 9.17) is 10.1 Å². The molecule has 1 atom stereocenters. The summed E-state index contributed by atoms with van der Waals surface area (Å²) in [5.41, 5.74) is 3.32. The molecular formula is C19H27FN2OS. The maximum atomic E-state index is 14.4. The van der Waals surface area contributed by atoms with Crippen LogP contribution in [0.1, 0.15) is 62.1 Å². The summed E-state index contributed by atoms with van der Waals surface area (Å²) in [6.45, 7) is 9.93. The summed E-state index contributed by atoms with van der Waals surface area (Å²) in [6.07, 6.45) is 0.0272. The Kier molecular flexibility index (Phi) is 6.47. The van der Waals surface area contributed by atoms with Crippen LogP contribution in [-0.2, 0) is 6.42 Å². The van der Waals surface area contributed by atoms with Crippen molar-refractivity contribution in [2.24, 2.45) is 0 Å². The third-order valence-corrected chi connectivity index (χ3v) is 4.91. The van der Waals surface area contributed by atoms with Crippen molar-refractivity contribution in [3.05, 3.63) is 40.8 Å². The number of hydrogen-bond acceptors (Lipinski definition) is 3. The Labute approximate surface area is 148 Å². The van der Waals surface area contributed by atoms with Crippen molar-refractivity contribution in [2.75, 3.05) is 6.61 Å². The lowest BCUT2D eigenvalue weighted by Crippen LogP contribution is -2.07. The molecule has 1 N–H and O–H groups in total. The number of aliphatic hydroxyl groups is 1. The zero-order valence-corrected chi connectivity index (χ0v) is 16.0. The summed E-state index contributed by atoms with van der Waals surface area (Å²) in [5.74, 6) is 0.931. The first kappa shape index (κ1) is 19.0. The van der Waals surface area contributed by atoms with E-state index in [1.54, 1.807) is 23.3 Å². The molecule has 0 fully saturated rings. The number of aliphatic hydroxyl groups excluding tert-OH is 1. The van der Waals surface area contributed by atoms with Gasteiger partial charge in [0.2, 0.25) is 0 Å². The van der Waals surface area contributed by atoms with Crippen LogP contribution in [0.3, 0.4) is 0 Å². The minimum absolute atomic E-state index is 0.0874. The predicted octanol–water partition coefficient (Wildman–Crippen LogP) is 5.19. The standard InChI is InChI=1S/C19H27FN2OS/c1-12(2)18-19(24-16-10-13(3)9-14(4)11-16)22(15(5)20)17(21-18)7-6-8-23/h9-12,15,23H,6-8H2,1-5H3. The van der Waals surface area contributed by atoms with Crippen LogP contribution >= 0.6 is 11.8 Å². The predicted molar refractivity (Wildman–Crippen MR) is 97.6 cm³/mol. The Morgan fingerprint density at radius 2 is 1.79 bits per heavy atom. The molecule has 2 aromatic rings. The summed E-state index contributed by atoms with van der Waals surface area (Å²) in [6, 6.07) is 6.37. The number of rotatable bonds is 7. The number of alkyl halides is 1. The van der Waals surface area contributed by atoms with Crippen LogP contribution in [0, 0.1) is 13.8 Å². The highest BCUT2D eigenvalue weighted by Gasteiger charge is 2.23. The van der Waals surface area contributed by atoms with Gasteiger partial charge in [0.25, 0.3) is 0 Å². The molecule has 0 radical (unpaired) electrons. The number of hydrogen-bond donors (Lipinski definition) is 1. The average Bonchev–Trinajstić information content (AvgIpc) is 2.82. The van der Waals surface area contributed by atoms with Crippen LogP contribution < -0.4 is 0 Å². The maximum Gasteiger partial charge on any atom is 0.175 e. The SMILES string of the molecule is Cc1cc(C)cc(Sc2c(C(C)C)nc(CCCO)n2C(C)F)c1. The lowest BCUT2D eigenvalue weighted by Gasteiger charge is -2.14. The molecule has 0 saturated carbocycles. The van der Waals surface area contributed by atoms with E-state index in [9.17, 15) is 4.39 Å². The van der Waals surface area contributed by atoms with Crippen LogP contribution in [0.25, 0.3) is 0 Å². The normalized spacial score (nSPS) is 12.8. The molecular weight excluding hydrogens is 323 g/mol. The van der Waals surface area contributed by atoms with E-state index in [0.717, 1.165) is 21.4 Å². The molecule has 0 amide bonds. The zero-order chi connectivity index (χ0) is 17.9. The fourth-order valence-electron chi connectivity index (χ4n) is 2.84. The highest BCUT2D eigenvalue weighted by atomic mass is 32.2. The molecule has 132 valence electrons. The van der Waals surface area contributed by atoms with Crippen molar-refractivity contribution in [1.82, 2.24) is 9.55 Å².